The topological polar surface area (TPSA) is 70.5 Å². The Balaban J connectivity index is 1.74. The molecule has 1 saturated heterocycles. The molecule has 0 bridgehead atoms. The van der Waals surface area contributed by atoms with Crippen LogP contribution in [0.2, 0.25) is 0 Å². The van der Waals surface area contributed by atoms with Gasteiger partial charge in [-0.15, -0.1) is 11.3 Å². The lowest BCUT2D eigenvalue weighted by Crippen LogP contribution is -2.42. The van der Waals surface area contributed by atoms with Crippen molar-refractivity contribution >= 4 is 23.2 Å². The summed E-state index contributed by atoms with van der Waals surface area (Å²) in [5, 5.41) is 12.1. The fourth-order valence-electron chi connectivity index (χ4n) is 2.79. The van der Waals surface area contributed by atoms with Crippen molar-refractivity contribution in [3.63, 3.8) is 0 Å². The van der Waals surface area contributed by atoms with E-state index in [0.717, 1.165) is 22.7 Å². The Morgan fingerprint density at radius 1 is 1.30 bits per heavy atom. The highest BCUT2D eigenvalue weighted by atomic mass is 32.1. The third kappa shape index (κ3) is 3.42. The second kappa shape index (κ2) is 6.50. The van der Waals surface area contributed by atoms with Gasteiger partial charge in [-0.1, -0.05) is 12.1 Å². The van der Waals surface area contributed by atoms with Crippen LogP contribution >= 0.6 is 11.3 Å². The molecule has 1 aromatic heterocycles. The van der Waals surface area contributed by atoms with Crippen molar-refractivity contribution in [3.05, 3.63) is 40.9 Å². The van der Waals surface area contributed by atoms with E-state index >= 15 is 0 Å². The number of amides is 1. The van der Waals surface area contributed by atoms with Gasteiger partial charge in [-0.05, 0) is 31.9 Å². The van der Waals surface area contributed by atoms with Gasteiger partial charge in [-0.3, -0.25) is 9.59 Å². The lowest BCUT2D eigenvalue weighted by Gasteiger charge is -2.30. The second-order valence-electron chi connectivity index (χ2n) is 5.80. The first kappa shape index (κ1) is 15.7. The molecular weight excluding hydrogens is 312 g/mol. The number of aliphatic carboxylic acids is 1. The Morgan fingerprint density at radius 3 is 2.65 bits per heavy atom. The summed E-state index contributed by atoms with van der Waals surface area (Å²) in [6, 6.07) is 7.37. The number of rotatable bonds is 3. The Kier molecular flexibility index (Phi) is 4.43. The number of nitrogens with zero attached hydrogens (tertiary/aromatic N) is 2. The zero-order valence-electron chi connectivity index (χ0n) is 12.9. The fraction of sp³-hybridized carbons (Fsp3) is 0.353. The number of carbonyl (C=O) groups excluding carboxylic acids is 1. The van der Waals surface area contributed by atoms with E-state index in [9.17, 15) is 9.59 Å². The van der Waals surface area contributed by atoms with Gasteiger partial charge in [0.2, 0.25) is 0 Å². The molecule has 5 nitrogen and oxygen atoms in total. The van der Waals surface area contributed by atoms with E-state index in [1.54, 1.807) is 28.4 Å². The number of thiazole rings is 1. The smallest absolute Gasteiger partial charge is 0.308 e. The van der Waals surface area contributed by atoms with Crippen molar-refractivity contribution in [1.29, 1.82) is 0 Å². The highest BCUT2D eigenvalue weighted by Crippen LogP contribution is 2.25. The number of carbonyl (C=O) groups is 2. The van der Waals surface area contributed by atoms with Crippen molar-refractivity contribution in [1.82, 2.24) is 9.88 Å². The molecule has 1 amide bonds. The van der Waals surface area contributed by atoms with Crippen molar-refractivity contribution in [3.8, 4) is 10.6 Å². The van der Waals surface area contributed by atoms with Crippen molar-refractivity contribution < 1.29 is 14.7 Å². The number of benzene rings is 1. The van der Waals surface area contributed by atoms with Crippen molar-refractivity contribution in [2.45, 2.75) is 19.8 Å². The highest BCUT2D eigenvalue weighted by Gasteiger charge is 2.28. The molecule has 0 radical (unpaired) electrons. The van der Waals surface area contributed by atoms with E-state index in [-0.39, 0.29) is 5.91 Å². The van der Waals surface area contributed by atoms with E-state index in [1.165, 1.54) is 0 Å². The van der Waals surface area contributed by atoms with Crippen LogP contribution in [0.4, 0.5) is 0 Å². The molecule has 6 heteroatoms. The molecule has 0 unspecified atom stereocenters. The average Bonchev–Trinajstić information content (AvgIpc) is 3.01. The van der Waals surface area contributed by atoms with Crippen LogP contribution in [0.5, 0.6) is 0 Å². The van der Waals surface area contributed by atoms with Gasteiger partial charge in [-0.2, -0.15) is 0 Å². The minimum Gasteiger partial charge on any atom is -0.481 e. The van der Waals surface area contributed by atoms with E-state index < -0.39 is 11.9 Å². The maximum Gasteiger partial charge on any atom is 0.308 e. The summed E-state index contributed by atoms with van der Waals surface area (Å²) in [5.74, 6) is -1.37. The molecule has 1 aliphatic rings. The number of hydrogen-bond acceptors (Lipinski definition) is 4. The molecule has 0 spiro atoms. The maximum atomic E-state index is 12.5. The largest absolute Gasteiger partial charge is 0.481 e. The van der Waals surface area contributed by atoms with Gasteiger partial charge in [0.05, 0.1) is 5.92 Å². The first-order chi connectivity index (χ1) is 11.0. The summed E-state index contributed by atoms with van der Waals surface area (Å²) < 4.78 is 0. The molecule has 1 fully saturated rings. The van der Waals surface area contributed by atoms with Gasteiger partial charge in [0.25, 0.3) is 5.91 Å². The van der Waals surface area contributed by atoms with Crippen LogP contribution < -0.4 is 0 Å². The van der Waals surface area contributed by atoms with Crippen LogP contribution in [0, 0.1) is 12.8 Å². The molecule has 1 aromatic carbocycles. The van der Waals surface area contributed by atoms with Gasteiger partial charge < -0.3 is 10.0 Å². The van der Waals surface area contributed by atoms with Gasteiger partial charge in [0.15, 0.2) is 0 Å². The molecule has 23 heavy (non-hydrogen) atoms. The minimum atomic E-state index is -0.822. The van der Waals surface area contributed by atoms with Crippen LogP contribution in [0.15, 0.2) is 29.6 Å². The number of aromatic nitrogens is 1. The van der Waals surface area contributed by atoms with Crippen molar-refractivity contribution in [2.24, 2.45) is 5.92 Å². The van der Waals surface area contributed by atoms with Gasteiger partial charge in [-0.25, -0.2) is 4.98 Å². The zero-order valence-corrected chi connectivity index (χ0v) is 13.7. The first-order valence-corrected chi connectivity index (χ1v) is 8.47. The SMILES string of the molecule is Cc1csc(-c2ccc(C(=O)N3CCC[C@H](C(=O)O)C3)cc2)n1. The zero-order chi connectivity index (χ0) is 16.4. The first-order valence-electron chi connectivity index (χ1n) is 7.59. The summed E-state index contributed by atoms with van der Waals surface area (Å²) in [7, 11) is 0. The molecule has 1 N–H and O–H groups in total. The Labute approximate surface area is 138 Å². The third-order valence-corrected chi connectivity index (χ3v) is 5.06. The van der Waals surface area contributed by atoms with Gasteiger partial charge in [0, 0.05) is 35.3 Å². The van der Waals surface area contributed by atoms with Gasteiger partial charge >= 0.3 is 5.97 Å². The number of aryl methyl sites for hydroxylation is 1. The monoisotopic (exact) mass is 330 g/mol. The fourth-order valence-corrected chi connectivity index (χ4v) is 3.59. The van der Waals surface area contributed by atoms with Crippen LogP contribution in [0.1, 0.15) is 28.9 Å². The third-order valence-electron chi connectivity index (χ3n) is 4.06. The van der Waals surface area contributed by atoms with Crippen LogP contribution in [0.25, 0.3) is 10.6 Å². The Morgan fingerprint density at radius 2 is 2.04 bits per heavy atom. The Bertz CT molecular complexity index is 724. The molecule has 120 valence electrons. The van der Waals surface area contributed by atoms with Crippen LogP contribution in [-0.2, 0) is 4.79 Å². The van der Waals surface area contributed by atoms with Crippen LogP contribution in [0.3, 0.4) is 0 Å². The highest BCUT2D eigenvalue weighted by molar-refractivity contribution is 7.13. The standard InChI is InChI=1S/C17H18N2O3S/c1-11-10-23-15(18-11)12-4-6-13(7-5-12)16(20)19-8-2-3-14(9-19)17(21)22/h4-7,10,14H,2-3,8-9H2,1H3,(H,21,22)/t14-/m0/s1. The minimum absolute atomic E-state index is 0.0992. The van der Waals surface area contributed by atoms with Crippen molar-refractivity contribution in [2.75, 3.05) is 13.1 Å². The summed E-state index contributed by atoms with van der Waals surface area (Å²) in [5.41, 5.74) is 2.56. The molecule has 2 aromatic rings. The number of carboxylic acids is 1. The normalized spacial score (nSPS) is 18.0. The second-order valence-corrected chi connectivity index (χ2v) is 6.66. The molecule has 1 atom stereocenters. The summed E-state index contributed by atoms with van der Waals surface area (Å²) in [6.45, 7) is 2.87. The number of likely N-dealkylation sites (tertiary alicyclic amines) is 1. The lowest BCUT2D eigenvalue weighted by molar-refractivity contribution is -0.143. The summed E-state index contributed by atoms with van der Waals surface area (Å²) in [4.78, 5) is 29.7. The molecule has 1 aliphatic heterocycles. The number of piperidine rings is 1. The quantitative estimate of drug-likeness (QED) is 0.939. The lowest BCUT2D eigenvalue weighted by atomic mass is 9.97. The van der Waals surface area contributed by atoms with E-state index in [1.807, 2.05) is 24.4 Å². The maximum absolute atomic E-state index is 12.5. The van der Waals surface area contributed by atoms with Crippen LogP contribution in [-0.4, -0.2) is 40.0 Å². The molecule has 2 heterocycles. The molecule has 3 rings (SSSR count). The molecule has 0 aliphatic carbocycles. The molecule has 0 saturated carbocycles. The number of hydrogen-bond donors (Lipinski definition) is 1. The van der Waals surface area contributed by atoms with Gasteiger partial charge in [0.1, 0.15) is 5.01 Å². The summed E-state index contributed by atoms with van der Waals surface area (Å²) >= 11 is 1.58. The Hall–Kier alpha value is -2.21. The average molecular weight is 330 g/mol. The predicted octanol–water partition coefficient (Wildman–Crippen LogP) is 3.06. The number of carboxylic acid groups (broad SMARTS) is 1. The molecular formula is C17H18N2O3S. The predicted molar refractivity (Wildman–Crippen MR) is 88.6 cm³/mol. The van der Waals surface area contributed by atoms with E-state index in [2.05, 4.69) is 4.98 Å². The summed E-state index contributed by atoms with van der Waals surface area (Å²) in [6.07, 6.45) is 1.38. The van der Waals surface area contributed by atoms with E-state index in [4.69, 9.17) is 5.11 Å². The van der Waals surface area contributed by atoms with E-state index in [0.29, 0.717) is 25.1 Å².